The Morgan fingerprint density at radius 3 is 2.79 bits per heavy atom. The number of hydrogen-bond donors (Lipinski definition) is 3. The van der Waals surface area contributed by atoms with Crippen molar-refractivity contribution < 1.29 is 9.53 Å². The van der Waals surface area contributed by atoms with E-state index in [4.69, 9.17) is 4.74 Å². The van der Waals surface area contributed by atoms with Crippen molar-refractivity contribution in [3.05, 3.63) is 52.0 Å². The molecule has 0 bridgehead atoms. The van der Waals surface area contributed by atoms with Crippen LogP contribution in [0.2, 0.25) is 0 Å². The molecule has 2 aromatic heterocycles. The number of rotatable bonds is 5. The lowest BCUT2D eigenvalue weighted by atomic mass is 10.1. The van der Waals surface area contributed by atoms with Crippen molar-refractivity contribution in [3.63, 3.8) is 0 Å². The zero-order valence-electron chi connectivity index (χ0n) is 14.4. The van der Waals surface area contributed by atoms with Gasteiger partial charge in [0.2, 0.25) is 0 Å². The highest BCUT2D eigenvalue weighted by Crippen LogP contribution is 2.25. The van der Waals surface area contributed by atoms with Crippen molar-refractivity contribution in [1.29, 1.82) is 0 Å². The summed E-state index contributed by atoms with van der Waals surface area (Å²) < 4.78 is 5.03. The molecule has 126 valence electrons. The van der Waals surface area contributed by atoms with Gasteiger partial charge in [-0.1, -0.05) is 11.6 Å². The Labute approximate surface area is 140 Å². The van der Waals surface area contributed by atoms with Crippen molar-refractivity contribution in [2.75, 3.05) is 7.11 Å². The van der Waals surface area contributed by atoms with E-state index >= 15 is 0 Å². The van der Waals surface area contributed by atoms with E-state index in [1.54, 1.807) is 7.11 Å². The van der Waals surface area contributed by atoms with Crippen LogP contribution in [0.15, 0.2) is 18.2 Å². The fourth-order valence-electron chi connectivity index (χ4n) is 3.00. The number of aryl methyl sites for hydroxylation is 3. The number of nitrogens with zero attached hydrogens (tertiary/aromatic N) is 1. The van der Waals surface area contributed by atoms with E-state index in [9.17, 15) is 4.79 Å². The monoisotopic (exact) mass is 326 g/mol. The second-order valence-corrected chi connectivity index (χ2v) is 6.13. The first-order chi connectivity index (χ1) is 11.5. The van der Waals surface area contributed by atoms with E-state index in [0.717, 1.165) is 33.4 Å². The molecule has 0 unspecified atom stereocenters. The molecule has 0 saturated carbocycles. The quantitative estimate of drug-likeness (QED) is 0.674. The molecule has 2 heterocycles. The maximum atomic E-state index is 12.5. The third kappa shape index (κ3) is 3.05. The van der Waals surface area contributed by atoms with Gasteiger partial charge >= 0.3 is 0 Å². The van der Waals surface area contributed by atoms with Gasteiger partial charge in [0, 0.05) is 18.0 Å². The lowest BCUT2D eigenvalue weighted by Crippen LogP contribution is -2.24. The van der Waals surface area contributed by atoms with Crippen LogP contribution in [-0.2, 0) is 17.9 Å². The number of nitrogens with one attached hydrogen (secondary N) is 3. The summed E-state index contributed by atoms with van der Waals surface area (Å²) in [6.07, 6.45) is 0. The Balaban J connectivity index is 1.78. The molecule has 0 spiro atoms. The van der Waals surface area contributed by atoms with Gasteiger partial charge in [-0.25, -0.2) is 0 Å². The van der Waals surface area contributed by atoms with Crippen molar-refractivity contribution in [1.82, 2.24) is 20.5 Å². The minimum atomic E-state index is -0.122. The zero-order chi connectivity index (χ0) is 17.3. The van der Waals surface area contributed by atoms with Crippen LogP contribution in [0.1, 0.15) is 38.6 Å². The summed E-state index contributed by atoms with van der Waals surface area (Å²) >= 11 is 0. The number of ether oxygens (including phenoxy) is 1. The van der Waals surface area contributed by atoms with E-state index in [1.165, 1.54) is 5.56 Å². The van der Waals surface area contributed by atoms with Gasteiger partial charge < -0.3 is 15.0 Å². The summed E-state index contributed by atoms with van der Waals surface area (Å²) in [5.74, 6) is -0.122. The molecule has 1 aromatic carbocycles. The number of carbonyl (C=O) groups is 1. The number of aromatic nitrogens is 3. The number of aromatic amines is 2. The number of amides is 1. The third-order valence-electron chi connectivity index (χ3n) is 4.15. The number of fused-ring (bicyclic) bond motifs is 1. The highest BCUT2D eigenvalue weighted by molar-refractivity contribution is 6.01. The largest absolute Gasteiger partial charge is 0.378 e. The van der Waals surface area contributed by atoms with E-state index in [2.05, 4.69) is 46.5 Å². The summed E-state index contributed by atoms with van der Waals surface area (Å²) in [5, 5.41) is 11.0. The van der Waals surface area contributed by atoms with Crippen LogP contribution in [-0.4, -0.2) is 28.2 Å². The fraction of sp³-hybridized carbons (Fsp3) is 0.333. The van der Waals surface area contributed by atoms with Crippen molar-refractivity contribution in [2.24, 2.45) is 0 Å². The average Bonchev–Trinajstić information content (AvgIpc) is 3.11. The Bertz CT molecular complexity index is 892. The summed E-state index contributed by atoms with van der Waals surface area (Å²) in [7, 11) is 1.62. The van der Waals surface area contributed by atoms with Crippen LogP contribution < -0.4 is 5.32 Å². The van der Waals surface area contributed by atoms with Gasteiger partial charge in [-0.05, 0) is 44.0 Å². The average molecular weight is 326 g/mol. The lowest BCUT2D eigenvalue weighted by Gasteiger charge is -2.02. The van der Waals surface area contributed by atoms with Crippen LogP contribution in [0.3, 0.4) is 0 Å². The predicted octanol–water partition coefficient (Wildman–Crippen LogP) is 2.89. The van der Waals surface area contributed by atoms with Gasteiger partial charge in [-0.15, -0.1) is 0 Å². The predicted molar refractivity (Wildman–Crippen MR) is 93.0 cm³/mol. The highest BCUT2D eigenvalue weighted by Gasteiger charge is 2.16. The Hall–Kier alpha value is -2.60. The summed E-state index contributed by atoms with van der Waals surface area (Å²) in [4.78, 5) is 15.8. The second-order valence-electron chi connectivity index (χ2n) is 6.13. The molecule has 0 atom stereocenters. The zero-order valence-corrected chi connectivity index (χ0v) is 14.4. The lowest BCUT2D eigenvalue weighted by molar-refractivity contribution is 0.0945. The molecule has 3 aromatic rings. The number of benzene rings is 1. The Morgan fingerprint density at radius 2 is 2.04 bits per heavy atom. The molecular formula is C18H22N4O2. The van der Waals surface area contributed by atoms with Crippen LogP contribution in [0, 0.1) is 20.8 Å². The van der Waals surface area contributed by atoms with Gasteiger partial charge in [-0.2, -0.15) is 5.10 Å². The molecular weight excluding hydrogens is 304 g/mol. The summed E-state index contributed by atoms with van der Waals surface area (Å²) in [6, 6.07) is 6.11. The summed E-state index contributed by atoms with van der Waals surface area (Å²) in [5.41, 5.74) is 6.59. The molecule has 1 amide bonds. The standard InChI is InChI=1S/C18H22N4O2/c1-10-5-11(2)16-15(6-10)12(3)17(20-16)18(23)19-8-13-7-14(9-24-4)22-21-13/h5-7,20H,8-9H2,1-4H3,(H,19,23)(H,21,22). The number of methoxy groups -OCH3 is 1. The van der Waals surface area contributed by atoms with Crippen LogP contribution >= 0.6 is 0 Å². The fourth-order valence-corrected chi connectivity index (χ4v) is 3.00. The van der Waals surface area contributed by atoms with Crippen molar-refractivity contribution in [2.45, 2.75) is 33.9 Å². The Kier molecular flexibility index (Phi) is 4.40. The topological polar surface area (TPSA) is 82.8 Å². The molecule has 0 aliphatic rings. The Morgan fingerprint density at radius 1 is 1.25 bits per heavy atom. The highest BCUT2D eigenvalue weighted by atomic mass is 16.5. The number of H-pyrrole nitrogens is 2. The first kappa shape index (κ1) is 16.3. The summed E-state index contributed by atoms with van der Waals surface area (Å²) in [6.45, 7) is 6.93. The van der Waals surface area contributed by atoms with Crippen molar-refractivity contribution in [3.8, 4) is 0 Å². The third-order valence-corrected chi connectivity index (χ3v) is 4.15. The number of hydrogen-bond acceptors (Lipinski definition) is 3. The van der Waals surface area contributed by atoms with Gasteiger partial charge in [0.15, 0.2) is 0 Å². The van der Waals surface area contributed by atoms with E-state index in [0.29, 0.717) is 18.8 Å². The molecule has 24 heavy (non-hydrogen) atoms. The first-order valence-electron chi connectivity index (χ1n) is 7.89. The number of carbonyl (C=O) groups excluding carboxylic acids is 1. The van der Waals surface area contributed by atoms with Gasteiger partial charge in [0.25, 0.3) is 5.91 Å². The van der Waals surface area contributed by atoms with Gasteiger partial charge in [-0.3, -0.25) is 9.89 Å². The molecule has 0 saturated heterocycles. The molecule has 0 aliphatic heterocycles. The second kappa shape index (κ2) is 6.49. The van der Waals surface area contributed by atoms with Crippen LogP contribution in [0.5, 0.6) is 0 Å². The van der Waals surface area contributed by atoms with Gasteiger partial charge in [0.1, 0.15) is 5.69 Å². The maximum absolute atomic E-state index is 12.5. The minimum absolute atomic E-state index is 0.122. The molecule has 6 heteroatoms. The van der Waals surface area contributed by atoms with Crippen LogP contribution in [0.25, 0.3) is 10.9 Å². The first-order valence-corrected chi connectivity index (χ1v) is 7.89. The maximum Gasteiger partial charge on any atom is 0.268 e. The molecule has 3 rings (SSSR count). The molecule has 0 radical (unpaired) electrons. The van der Waals surface area contributed by atoms with E-state index in [-0.39, 0.29) is 5.91 Å². The SMILES string of the molecule is COCc1cc(CNC(=O)c2[nH]c3c(C)cc(C)cc3c2C)[nH]n1. The van der Waals surface area contributed by atoms with Crippen LogP contribution in [0.4, 0.5) is 0 Å². The molecule has 0 aliphatic carbocycles. The minimum Gasteiger partial charge on any atom is -0.378 e. The smallest absolute Gasteiger partial charge is 0.268 e. The molecule has 0 fully saturated rings. The van der Waals surface area contributed by atoms with Gasteiger partial charge in [0.05, 0.1) is 24.5 Å². The van der Waals surface area contributed by atoms with Crippen molar-refractivity contribution >= 4 is 16.8 Å². The molecule has 3 N–H and O–H groups in total. The van der Waals surface area contributed by atoms with E-state index < -0.39 is 0 Å². The molecule has 6 nitrogen and oxygen atoms in total. The van der Waals surface area contributed by atoms with E-state index in [1.807, 2.05) is 13.0 Å². The normalized spacial score (nSPS) is 11.2.